The number of ether oxygens (including phenoxy) is 2. The average molecular weight is 1010 g/mol. The topological polar surface area (TPSA) is 199 Å². The van der Waals surface area contributed by atoms with Gasteiger partial charge in [-0.1, -0.05) is 0 Å². The number of sulfone groups is 2. The van der Waals surface area contributed by atoms with Crippen LogP contribution in [0.25, 0.3) is 0 Å². The Morgan fingerprint density at radius 3 is 1.19 bits per heavy atom. The Bertz CT molecular complexity index is 2450. The van der Waals surface area contributed by atoms with Gasteiger partial charge < -0.3 is 29.9 Å². The van der Waals surface area contributed by atoms with Crippen molar-refractivity contribution in [3.63, 3.8) is 0 Å². The first-order valence-corrected chi connectivity index (χ1v) is 24.2. The Labute approximate surface area is 383 Å². The minimum absolute atomic E-state index is 0.151. The largest absolute Gasteiger partial charge is 0.417 e. The van der Waals surface area contributed by atoms with Gasteiger partial charge >= 0.3 is 12.4 Å². The van der Waals surface area contributed by atoms with Crippen LogP contribution in [-0.2, 0) is 51.1 Å². The number of benzene rings is 2. The van der Waals surface area contributed by atoms with E-state index in [1.54, 1.807) is 0 Å². The molecule has 6 fully saturated rings. The van der Waals surface area contributed by atoms with E-state index in [-0.39, 0.29) is 37.1 Å². The van der Waals surface area contributed by atoms with Gasteiger partial charge in [0.2, 0.25) is 11.8 Å². The SMILES string of the molecule is CO[C@@H]1C[C@H](S(=O)(=O)c2ccc(N3CC(F)(F)C3)cc2C(F)(F)F)C[C@H]1C(=O)NC1(C#N)CC1.CO[C@H]1C[C@@H](S(=O)(=O)c2ccc(N3CC(F)(F)C3)cc2C(F)(F)F)C[C@@H]1C(=O)NC1(C#N)CC1. The quantitative estimate of drug-likeness (QED) is 0.243. The lowest BCUT2D eigenvalue weighted by atomic mass is 10.0. The first-order valence-electron chi connectivity index (χ1n) is 21.1. The number of anilines is 2. The summed E-state index contributed by atoms with van der Waals surface area (Å²) in [5.74, 6) is -9.08. The molecule has 14 nitrogen and oxygen atoms in total. The molecule has 26 heteroatoms. The maximum absolute atomic E-state index is 13.8. The highest BCUT2D eigenvalue weighted by Crippen LogP contribution is 2.46. The van der Waals surface area contributed by atoms with E-state index in [1.165, 1.54) is 14.2 Å². The van der Waals surface area contributed by atoms with Gasteiger partial charge in [0.05, 0.1) is 93.8 Å². The molecule has 68 heavy (non-hydrogen) atoms. The maximum Gasteiger partial charge on any atom is 0.417 e. The second kappa shape index (κ2) is 17.5. The third-order valence-corrected chi connectivity index (χ3v) is 17.8. The van der Waals surface area contributed by atoms with Crippen LogP contribution >= 0.6 is 0 Å². The average Bonchev–Trinajstić information content (AvgIpc) is 4.09. The molecule has 2 aliphatic heterocycles. The Morgan fingerprint density at radius 2 is 0.941 bits per heavy atom. The molecule has 6 atom stereocenters. The summed E-state index contributed by atoms with van der Waals surface area (Å²) in [5, 5.41) is 20.9. The molecular weight excluding hydrogens is 971 g/mol. The Kier molecular flexibility index (Phi) is 13.1. The number of alkyl halides is 10. The molecule has 2 aromatic carbocycles. The highest BCUT2D eigenvalue weighted by atomic mass is 32.2. The fourth-order valence-corrected chi connectivity index (χ4v) is 13.0. The predicted molar refractivity (Wildman–Crippen MR) is 218 cm³/mol. The number of hydrogen-bond donors (Lipinski definition) is 2. The summed E-state index contributed by atoms with van der Waals surface area (Å²) in [5.41, 5.74) is -5.16. The van der Waals surface area contributed by atoms with E-state index in [2.05, 4.69) is 10.6 Å². The summed E-state index contributed by atoms with van der Waals surface area (Å²) in [6.45, 7) is -3.02. The van der Waals surface area contributed by atoms with Crippen molar-refractivity contribution < 1.29 is 79.8 Å². The van der Waals surface area contributed by atoms with E-state index in [1.807, 2.05) is 12.1 Å². The standard InChI is InChI=1S/2C21H22F5N3O4S/c2*1-33-16-8-13(7-14(16)18(30)28-19(9-27)4-5-19)34(31,32)17-3-2-12(6-15(17)21(24,25)26)29-10-20(22,23)11-29/h2*2-3,6,13-14,16H,4-5,7-8,10-11H2,1H3,(H,28,30)/t2*13-,14-,16-/m10/s1. The second-order valence-corrected chi connectivity index (χ2v) is 22.6. The number of carbonyl (C=O) groups excluding carboxylic acids is 2. The summed E-state index contributed by atoms with van der Waals surface area (Å²) in [4.78, 5) is 25.5. The van der Waals surface area contributed by atoms with E-state index >= 15 is 0 Å². The Morgan fingerprint density at radius 1 is 0.618 bits per heavy atom. The molecule has 2 heterocycles. The van der Waals surface area contributed by atoms with Crippen molar-refractivity contribution in [2.75, 3.05) is 50.2 Å². The lowest BCUT2D eigenvalue weighted by molar-refractivity contribution is -0.140. The lowest BCUT2D eigenvalue weighted by Crippen LogP contribution is -2.56. The number of nitriles is 2. The second-order valence-electron chi connectivity index (χ2n) is 18.2. The number of nitrogens with one attached hydrogen (secondary N) is 2. The van der Waals surface area contributed by atoms with Crippen LogP contribution in [0.3, 0.4) is 0 Å². The zero-order valence-electron chi connectivity index (χ0n) is 36.1. The van der Waals surface area contributed by atoms with Gasteiger partial charge in [0.1, 0.15) is 11.1 Å². The number of carbonyl (C=O) groups is 2. The highest BCUT2D eigenvalue weighted by molar-refractivity contribution is 7.92. The number of nitrogens with zero attached hydrogens (tertiary/aromatic N) is 4. The summed E-state index contributed by atoms with van der Waals surface area (Å²) < 4.78 is 199. The molecule has 0 bridgehead atoms. The Hall–Kier alpha value is -4.92. The molecule has 2 aromatic rings. The Balaban J connectivity index is 0.000000201. The molecule has 8 rings (SSSR count). The van der Waals surface area contributed by atoms with Crippen LogP contribution in [0.5, 0.6) is 0 Å². The number of methoxy groups -OCH3 is 2. The van der Waals surface area contributed by atoms with Crippen LogP contribution in [0.4, 0.5) is 55.3 Å². The van der Waals surface area contributed by atoms with Crippen molar-refractivity contribution in [2.24, 2.45) is 11.8 Å². The van der Waals surface area contributed by atoms with Crippen molar-refractivity contribution in [2.45, 2.75) is 119 Å². The minimum atomic E-state index is -5.05. The molecule has 0 spiro atoms. The van der Waals surface area contributed by atoms with E-state index < -0.39 is 148 Å². The van der Waals surface area contributed by atoms with Crippen molar-refractivity contribution in [1.29, 1.82) is 10.5 Å². The monoisotopic (exact) mass is 1010 g/mol. The van der Waals surface area contributed by atoms with Crippen molar-refractivity contribution in [3.05, 3.63) is 47.5 Å². The van der Waals surface area contributed by atoms with Gasteiger partial charge in [-0.3, -0.25) is 9.59 Å². The smallest absolute Gasteiger partial charge is 0.381 e. The number of amides is 2. The zero-order chi connectivity index (χ0) is 50.2. The van der Waals surface area contributed by atoms with Crippen LogP contribution in [-0.4, -0.2) is 115 Å². The van der Waals surface area contributed by atoms with Crippen LogP contribution in [0, 0.1) is 34.5 Å². The fraction of sp³-hybridized carbons (Fsp3) is 0.619. The van der Waals surface area contributed by atoms with Gasteiger partial charge in [0, 0.05) is 25.6 Å². The summed E-state index contributed by atoms with van der Waals surface area (Å²) in [6.07, 6.45) is -10.9. The molecule has 372 valence electrons. The first-order chi connectivity index (χ1) is 31.4. The molecule has 2 amide bonds. The molecule has 2 saturated heterocycles. The molecule has 0 radical (unpaired) electrons. The van der Waals surface area contributed by atoms with Gasteiger partial charge in [-0.25, -0.2) is 34.4 Å². The lowest BCUT2D eigenvalue weighted by Gasteiger charge is -2.40. The molecule has 4 saturated carbocycles. The summed E-state index contributed by atoms with van der Waals surface area (Å²) in [7, 11) is -6.58. The van der Waals surface area contributed by atoms with Gasteiger partial charge in [0.15, 0.2) is 19.7 Å². The van der Waals surface area contributed by atoms with E-state index in [9.17, 15) is 80.9 Å². The summed E-state index contributed by atoms with van der Waals surface area (Å²) >= 11 is 0. The third kappa shape index (κ3) is 10.2. The maximum atomic E-state index is 13.8. The molecule has 4 aliphatic carbocycles. The van der Waals surface area contributed by atoms with Crippen LogP contribution in [0.15, 0.2) is 46.2 Å². The summed E-state index contributed by atoms with van der Waals surface area (Å²) in [6, 6.07) is 8.85. The normalized spacial score (nSPS) is 27.6. The predicted octanol–water partition coefficient (Wildman–Crippen LogP) is 5.80. The van der Waals surface area contributed by atoms with Gasteiger partial charge in [0.25, 0.3) is 11.8 Å². The van der Waals surface area contributed by atoms with Gasteiger partial charge in [-0.05, 0) is 87.8 Å². The molecule has 0 aromatic heterocycles. The third-order valence-electron chi connectivity index (χ3n) is 13.3. The van der Waals surface area contributed by atoms with Crippen molar-refractivity contribution in [1.82, 2.24) is 10.6 Å². The molecule has 2 N–H and O–H groups in total. The minimum Gasteiger partial charge on any atom is -0.381 e. The van der Waals surface area contributed by atoms with Crippen LogP contribution < -0.4 is 20.4 Å². The fourth-order valence-electron chi connectivity index (χ4n) is 9.04. The van der Waals surface area contributed by atoms with Gasteiger partial charge in [-0.15, -0.1) is 0 Å². The highest BCUT2D eigenvalue weighted by Gasteiger charge is 2.54. The zero-order valence-corrected chi connectivity index (χ0v) is 37.7. The molecular formula is C42H44F10N6O8S2. The molecule has 0 unspecified atom stereocenters. The van der Waals surface area contributed by atoms with Gasteiger partial charge in [-0.2, -0.15) is 36.9 Å². The van der Waals surface area contributed by atoms with Crippen molar-refractivity contribution in [3.8, 4) is 12.1 Å². The molecule has 6 aliphatic rings. The van der Waals surface area contributed by atoms with E-state index in [0.29, 0.717) is 37.8 Å². The van der Waals surface area contributed by atoms with Crippen LogP contribution in [0.1, 0.15) is 62.5 Å². The van der Waals surface area contributed by atoms with E-state index in [0.717, 1.165) is 34.1 Å². The number of hydrogen-bond acceptors (Lipinski definition) is 12. The first kappa shape index (κ1) is 50.9. The van der Waals surface area contributed by atoms with Crippen molar-refractivity contribution >= 4 is 42.9 Å². The number of rotatable bonds is 12. The number of halogens is 10. The van der Waals surface area contributed by atoms with Crippen LogP contribution in [0.2, 0.25) is 0 Å². The van der Waals surface area contributed by atoms with E-state index in [4.69, 9.17) is 9.47 Å².